The molecule has 0 radical (unpaired) electrons. The third-order valence-electron chi connectivity index (χ3n) is 6.41. The number of halogens is 2. The highest BCUT2D eigenvalue weighted by atomic mass is 19.1. The van der Waals surface area contributed by atoms with Crippen LogP contribution >= 0.6 is 0 Å². The van der Waals surface area contributed by atoms with Crippen molar-refractivity contribution >= 4 is 22.9 Å². The first-order valence-corrected chi connectivity index (χ1v) is 11.6. The van der Waals surface area contributed by atoms with E-state index in [4.69, 9.17) is 0 Å². The molecule has 0 saturated carbocycles. The van der Waals surface area contributed by atoms with Crippen LogP contribution in [0.25, 0.3) is 10.9 Å². The first-order valence-electron chi connectivity index (χ1n) is 11.6. The number of aromatic nitrogens is 1. The van der Waals surface area contributed by atoms with Gasteiger partial charge in [-0.3, -0.25) is 9.69 Å². The summed E-state index contributed by atoms with van der Waals surface area (Å²) in [4.78, 5) is 30.1. The molecule has 3 aromatic carbocycles. The number of nitrogens with one attached hydrogen (secondary N) is 2. The number of carbonyl (C=O) groups is 2. The van der Waals surface area contributed by atoms with E-state index in [2.05, 4.69) is 10.3 Å². The molecule has 3 N–H and O–H groups in total. The lowest BCUT2D eigenvalue weighted by atomic mass is 9.89. The van der Waals surface area contributed by atoms with Crippen LogP contribution < -0.4 is 5.32 Å². The zero-order valence-electron chi connectivity index (χ0n) is 19.8. The Morgan fingerprint density at radius 1 is 1.00 bits per heavy atom. The van der Waals surface area contributed by atoms with Crippen LogP contribution in [0.15, 0.2) is 79.0 Å². The highest BCUT2D eigenvalue weighted by Crippen LogP contribution is 2.29. The van der Waals surface area contributed by atoms with Gasteiger partial charge in [-0.25, -0.2) is 13.6 Å². The van der Waals surface area contributed by atoms with Crippen LogP contribution in [0.3, 0.4) is 0 Å². The molecular formula is C28H27F2N3O3. The molecule has 4 aromatic rings. The summed E-state index contributed by atoms with van der Waals surface area (Å²) in [6.45, 7) is 1.40. The highest BCUT2D eigenvalue weighted by molar-refractivity contribution is 5.91. The van der Waals surface area contributed by atoms with Crippen LogP contribution in [0.1, 0.15) is 23.6 Å². The summed E-state index contributed by atoms with van der Waals surface area (Å²) in [6, 6.07) is 20.1. The van der Waals surface area contributed by atoms with Crippen molar-refractivity contribution in [1.82, 2.24) is 15.2 Å². The summed E-state index contributed by atoms with van der Waals surface area (Å²) in [6.07, 6.45) is 0.969. The van der Waals surface area contributed by atoms with E-state index in [-0.39, 0.29) is 12.0 Å². The molecule has 36 heavy (non-hydrogen) atoms. The van der Waals surface area contributed by atoms with Crippen molar-refractivity contribution in [2.75, 3.05) is 6.54 Å². The quantitative estimate of drug-likeness (QED) is 0.298. The van der Waals surface area contributed by atoms with E-state index in [1.165, 1.54) is 13.0 Å². The van der Waals surface area contributed by atoms with Crippen molar-refractivity contribution in [1.29, 1.82) is 0 Å². The van der Waals surface area contributed by atoms with Crippen LogP contribution in [0, 0.1) is 11.6 Å². The van der Waals surface area contributed by atoms with Crippen molar-refractivity contribution in [2.45, 2.75) is 31.8 Å². The van der Waals surface area contributed by atoms with E-state index in [0.717, 1.165) is 33.0 Å². The maximum atomic E-state index is 14.5. The Balaban J connectivity index is 1.66. The Hall–Kier alpha value is -4.20. The third kappa shape index (κ3) is 5.38. The summed E-state index contributed by atoms with van der Waals surface area (Å²) in [5.74, 6) is -2.15. The van der Waals surface area contributed by atoms with E-state index in [0.29, 0.717) is 19.0 Å². The highest BCUT2D eigenvalue weighted by Gasteiger charge is 2.43. The number of hydrogen-bond donors (Lipinski definition) is 3. The van der Waals surface area contributed by atoms with Gasteiger partial charge in [-0.05, 0) is 36.6 Å². The third-order valence-corrected chi connectivity index (χ3v) is 6.41. The number of hydrogen-bond acceptors (Lipinski definition) is 2. The van der Waals surface area contributed by atoms with E-state index in [1.54, 1.807) is 6.20 Å². The largest absolute Gasteiger partial charge is 0.465 e. The maximum absolute atomic E-state index is 14.5. The van der Waals surface area contributed by atoms with Crippen LogP contribution in [-0.4, -0.2) is 39.1 Å². The topological polar surface area (TPSA) is 85.4 Å². The summed E-state index contributed by atoms with van der Waals surface area (Å²) in [5.41, 5.74) is 1.01. The fraction of sp³-hybridized carbons (Fsp3) is 0.214. The minimum Gasteiger partial charge on any atom is -0.465 e. The molecule has 0 aliphatic rings. The van der Waals surface area contributed by atoms with Crippen molar-refractivity contribution in [3.05, 3.63) is 107 Å². The van der Waals surface area contributed by atoms with Crippen LogP contribution in [0.4, 0.5) is 13.6 Å². The molecule has 4 rings (SSSR count). The van der Waals surface area contributed by atoms with Gasteiger partial charge < -0.3 is 15.4 Å². The number of para-hydroxylation sites is 1. The lowest BCUT2D eigenvalue weighted by Crippen LogP contribution is -2.59. The average Bonchev–Trinajstić information content (AvgIpc) is 3.26. The average molecular weight is 492 g/mol. The first-order chi connectivity index (χ1) is 17.3. The molecule has 0 fully saturated rings. The number of aromatic amines is 1. The smallest absolute Gasteiger partial charge is 0.408 e. The van der Waals surface area contributed by atoms with Gasteiger partial charge >= 0.3 is 6.09 Å². The normalized spacial score (nSPS) is 12.8. The molecule has 0 bridgehead atoms. The lowest BCUT2D eigenvalue weighted by molar-refractivity contribution is -0.132. The van der Waals surface area contributed by atoms with Crippen molar-refractivity contribution in [3.63, 3.8) is 0 Å². The zero-order chi connectivity index (χ0) is 25.7. The van der Waals surface area contributed by atoms with Crippen molar-refractivity contribution < 1.29 is 23.5 Å². The number of carbonyl (C=O) groups excluding carboxylic acids is 1. The van der Waals surface area contributed by atoms with Crippen LogP contribution in [-0.2, 0) is 24.2 Å². The molecule has 8 heteroatoms. The molecule has 6 nitrogen and oxygen atoms in total. The van der Waals surface area contributed by atoms with E-state index in [9.17, 15) is 23.5 Å². The number of carboxylic acid groups (broad SMARTS) is 1. The van der Waals surface area contributed by atoms with E-state index < -0.39 is 35.7 Å². The predicted octanol–water partition coefficient (Wildman–Crippen LogP) is 5.29. The molecule has 1 heterocycles. The Labute approximate surface area is 207 Å². The summed E-state index contributed by atoms with van der Waals surface area (Å²) in [5, 5.41) is 13.9. The second-order valence-corrected chi connectivity index (χ2v) is 8.91. The van der Waals surface area contributed by atoms with Gasteiger partial charge in [-0.2, -0.15) is 0 Å². The molecular weight excluding hydrogens is 464 g/mol. The van der Waals surface area contributed by atoms with Crippen molar-refractivity contribution in [3.8, 4) is 0 Å². The Bertz CT molecular complexity index is 1370. The number of amides is 2. The van der Waals surface area contributed by atoms with Gasteiger partial charge in [0.25, 0.3) is 0 Å². The molecule has 0 spiro atoms. The fourth-order valence-electron chi connectivity index (χ4n) is 4.38. The van der Waals surface area contributed by atoms with Crippen LogP contribution in [0.2, 0.25) is 0 Å². The van der Waals surface area contributed by atoms with E-state index in [1.807, 2.05) is 54.6 Å². The number of H-pyrrole nitrogens is 1. The second kappa shape index (κ2) is 10.6. The second-order valence-electron chi connectivity index (χ2n) is 8.91. The number of fused-ring (bicyclic) bond motifs is 1. The van der Waals surface area contributed by atoms with Gasteiger partial charge in [0.2, 0.25) is 5.91 Å². The summed E-state index contributed by atoms with van der Waals surface area (Å²) < 4.78 is 27.9. The molecule has 2 amide bonds. The van der Waals surface area contributed by atoms with Crippen LogP contribution in [0.5, 0.6) is 0 Å². The SMILES string of the molecule is C[C@@](Cc1c[nH]c2ccccc12)(C(=O)NCCc1ccccc1)N(Cc1ccc(F)cc1F)C(=O)O. The number of benzene rings is 3. The van der Waals surface area contributed by atoms with Gasteiger partial charge in [0.15, 0.2) is 0 Å². The summed E-state index contributed by atoms with van der Waals surface area (Å²) >= 11 is 0. The maximum Gasteiger partial charge on any atom is 0.408 e. The zero-order valence-corrected chi connectivity index (χ0v) is 19.8. The minimum absolute atomic E-state index is 0.0268. The first kappa shape index (κ1) is 24.9. The predicted molar refractivity (Wildman–Crippen MR) is 133 cm³/mol. The Morgan fingerprint density at radius 2 is 1.72 bits per heavy atom. The monoisotopic (exact) mass is 491 g/mol. The molecule has 1 aromatic heterocycles. The summed E-state index contributed by atoms with van der Waals surface area (Å²) in [7, 11) is 0. The van der Waals surface area contributed by atoms with Gasteiger partial charge in [0.1, 0.15) is 17.2 Å². The molecule has 0 unspecified atom stereocenters. The minimum atomic E-state index is -1.59. The van der Waals surface area contributed by atoms with Gasteiger partial charge in [0, 0.05) is 41.7 Å². The number of nitrogens with zero attached hydrogens (tertiary/aromatic N) is 1. The molecule has 0 aliphatic carbocycles. The van der Waals surface area contributed by atoms with Gasteiger partial charge in [-0.15, -0.1) is 0 Å². The lowest BCUT2D eigenvalue weighted by Gasteiger charge is -2.38. The van der Waals surface area contributed by atoms with Gasteiger partial charge in [-0.1, -0.05) is 54.6 Å². The Morgan fingerprint density at radius 3 is 2.44 bits per heavy atom. The van der Waals surface area contributed by atoms with E-state index >= 15 is 0 Å². The molecule has 0 aliphatic heterocycles. The molecule has 186 valence electrons. The molecule has 1 atom stereocenters. The number of rotatable bonds is 9. The van der Waals surface area contributed by atoms with Gasteiger partial charge in [0.05, 0.1) is 6.54 Å². The molecule has 0 saturated heterocycles. The fourth-order valence-corrected chi connectivity index (χ4v) is 4.38. The Kier molecular flexibility index (Phi) is 7.33. The van der Waals surface area contributed by atoms with Crippen molar-refractivity contribution in [2.24, 2.45) is 0 Å². The standard InChI is InChI=1S/C28H27F2N3O3/c1-28(16-21-17-32-25-10-6-5-9-23(21)25,26(34)31-14-13-19-7-3-2-4-8-19)33(27(35)36)18-20-11-12-22(29)15-24(20)30/h2-12,15,17,32H,13-14,16,18H2,1H3,(H,31,34)(H,35,36)/t28-/m1/s1.